The fourth-order valence-corrected chi connectivity index (χ4v) is 4.74. The van der Waals surface area contributed by atoms with Gasteiger partial charge in [-0.1, -0.05) is 31.1 Å². The van der Waals surface area contributed by atoms with Crippen LogP contribution in [0.15, 0.2) is 53.1 Å². The summed E-state index contributed by atoms with van der Waals surface area (Å²) in [6.07, 6.45) is 0. The second kappa shape index (κ2) is 11.5. The molecular formula is C25H32N4O2S. The van der Waals surface area contributed by atoms with Gasteiger partial charge in [-0.25, -0.2) is 0 Å². The lowest BCUT2D eigenvalue weighted by Gasteiger charge is -2.26. The fourth-order valence-electron chi connectivity index (χ4n) is 3.76. The summed E-state index contributed by atoms with van der Waals surface area (Å²) < 4.78 is 11.4. The SMILES string of the molecule is CCN(CC)CCOc1ccc(-c2noc(-c3ccc(CN4CCSCC4)cc3)n2)cc1. The molecule has 0 aliphatic carbocycles. The van der Waals surface area contributed by atoms with E-state index in [-0.39, 0.29) is 0 Å². The number of rotatable bonds is 10. The molecule has 170 valence electrons. The summed E-state index contributed by atoms with van der Waals surface area (Å²) in [7, 11) is 0. The van der Waals surface area contributed by atoms with E-state index in [1.54, 1.807) is 0 Å². The monoisotopic (exact) mass is 452 g/mol. The van der Waals surface area contributed by atoms with Crippen LogP contribution in [-0.2, 0) is 6.54 Å². The van der Waals surface area contributed by atoms with E-state index in [0.29, 0.717) is 18.3 Å². The third-order valence-corrected chi connectivity index (χ3v) is 6.76. The van der Waals surface area contributed by atoms with Crippen LogP contribution < -0.4 is 4.74 Å². The van der Waals surface area contributed by atoms with Crippen molar-refractivity contribution in [2.24, 2.45) is 0 Å². The molecule has 2 heterocycles. The Balaban J connectivity index is 1.34. The highest BCUT2D eigenvalue weighted by molar-refractivity contribution is 7.99. The molecular weight excluding hydrogens is 420 g/mol. The van der Waals surface area contributed by atoms with Crippen molar-refractivity contribution in [1.29, 1.82) is 0 Å². The first-order valence-corrected chi connectivity index (χ1v) is 12.6. The Morgan fingerprint density at radius 1 is 0.969 bits per heavy atom. The smallest absolute Gasteiger partial charge is 0.258 e. The van der Waals surface area contributed by atoms with Gasteiger partial charge in [0.25, 0.3) is 5.89 Å². The molecule has 7 heteroatoms. The molecule has 3 aromatic rings. The van der Waals surface area contributed by atoms with Crippen molar-refractivity contribution in [2.75, 3.05) is 50.8 Å². The first-order chi connectivity index (χ1) is 15.7. The second-order valence-electron chi connectivity index (χ2n) is 7.91. The van der Waals surface area contributed by atoms with E-state index in [0.717, 1.165) is 43.1 Å². The van der Waals surface area contributed by atoms with Crippen molar-refractivity contribution in [3.63, 3.8) is 0 Å². The van der Waals surface area contributed by atoms with Gasteiger partial charge in [-0.05, 0) is 55.1 Å². The van der Waals surface area contributed by atoms with Crippen molar-refractivity contribution in [1.82, 2.24) is 19.9 Å². The number of hydrogen-bond donors (Lipinski definition) is 0. The summed E-state index contributed by atoms with van der Waals surface area (Å²) in [5.41, 5.74) is 3.17. The Morgan fingerprint density at radius 3 is 2.34 bits per heavy atom. The number of benzene rings is 2. The van der Waals surface area contributed by atoms with Crippen LogP contribution in [0.2, 0.25) is 0 Å². The van der Waals surface area contributed by atoms with Crippen molar-refractivity contribution in [3.8, 4) is 28.6 Å². The van der Waals surface area contributed by atoms with Gasteiger partial charge in [0.2, 0.25) is 5.82 Å². The summed E-state index contributed by atoms with van der Waals surface area (Å²) in [5, 5.41) is 4.17. The van der Waals surface area contributed by atoms with Crippen LogP contribution in [0, 0.1) is 0 Å². The highest BCUT2D eigenvalue weighted by Gasteiger charge is 2.13. The highest BCUT2D eigenvalue weighted by atomic mass is 32.2. The average molecular weight is 453 g/mol. The number of hydrogen-bond acceptors (Lipinski definition) is 7. The Kier molecular flexibility index (Phi) is 8.20. The number of ether oxygens (including phenoxy) is 1. The van der Waals surface area contributed by atoms with E-state index in [1.165, 1.54) is 30.2 Å². The van der Waals surface area contributed by atoms with Crippen LogP contribution in [0.5, 0.6) is 5.75 Å². The lowest BCUT2D eigenvalue weighted by atomic mass is 10.1. The van der Waals surface area contributed by atoms with E-state index in [1.807, 2.05) is 36.0 Å². The van der Waals surface area contributed by atoms with Crippen LogP contribution in [0.4, 0.5) is 0 Å². The first-order valence-electron chi connectivity index (χ1n) is 11.4. The van der Waals surface area contributed by atoms with Crippen molar-refractivity contribution < 1.29 is 9.26 Å². The number of thioether (sulfide) groups is 1. The molecule has 0 amide bonds. The summed E-state index contributed by atoms with van der Waals surface area (Å²) in [5.74, 6) is 4.44. The fraction of sp³-hybridized carbons (Fsp3) is 0.440. The van der Waals surface area contributed by atoms with Crippen LogP contribution in [-0.4, -0.2) is 70.8 Å². The van der Waals surface area contributed by atoms with Gasteiger partial charge in [0.05, 0.1) is 0 Å². The topological polar surface area (TPSA) is 54.6 Å². The molecule has 0 spiro atoms. The number of likely N-dealkylation sites (N-methyl/N-ethyl adjacent to an activating group) is 1. The summed E-state index contributed by atoms with van der Waals surface area (Å²) in [6.45, 7) is 11.4. The molecule has 0 N–H and O–H groups in total. The van der Waals surface area contributed by atoms with Gasteiger partial charge in [-0.2, -0.15) is 16.7 Å². The van der Waals surface area contributed by atoms with Crippen molar-refractivity contribution in [3.05, 3.63) is 54.1 Å². The maximum absolute atomic E-state index is 5.86. The molecule has 1 aromatic heterocycles. The zero-order chi connectivity index (χ0) is 22.2. The predicted octanol–water partition coefficient (Wildman–Crippen LogP) is 4.67. The Morgan fingerprint density at radius 2 is 1.66 bits per heavy atom. The lowest BCUT2D eigenvalue weighted by molar-refractivity contribution is 0.223. The average Bonchev–Trinajstić information content (AvgIpc) is 3.34. The van der Waals surface area contributed by atoms with Crippen LogP contribution in [0.1, 0.15) is 19.4 Å². The summed E-state index contributed by atoms with van der Waals surface area (Å²) in [4.78, 5) is 9.44. The van der Waals surface area contributed by atoms with E-state index in [4.69, 9.17) is 9.26 Å². The van der Waals surface area contributed by atoms with Gasteiger partial charge < -0.3 is 14.2 Å². The largest absolute Gasteiger partial charge is 0.492 e. The molecule has 0 radical (unpaired) electrons. The molecule has 6 nitrogen and oxygen atoms in total. The maximum Gasteiger partial charge on any atom is 0.258 e. The molecule has 1 saturated heterocycles. The van der Waals surface area contributed by atoms with Gasteiger partial charge >= 0.3 is 0 Å². The second-order valence-corrected chi connectivity index (χ2v) is 9.13. The quantitative estimate of drug-likeness (QED) is 0.443. The van der Waals surface area contributed by atoms with E-state index < -0.39 is 0 Å². The van der Waals surface area contributed by atoms with E-state index in [2.05, 4.69) is 58.1 Å². The molecule has 2 aromatic carbocycles. The molecule has 0 unspecified atom stereocenters. The highest BCUT2D eigenvalue weighted by Crippen LogP contribution is 2.24. The summed E-state index contributed by atoms with van der Waals surface area (Å²) >= 11 is 2.04. The van der Waals surface area contributed by atoms with Crippen LogP contribution >= 0.6 is 11.8 Å². The molecule has 0 bridgehead atoms. The third kappa shape index (κ3) is 6.12. The minimum absolute atomic E-state index is 0.542. The van der Waals surface area contributed by atoms with Gasteiger partial charge in [-0.15, -0.1) is 0 Å². The molecule has 1 aliphatic heterocycles. The van der Waals surface area contributed by atoms with Gasteiger partial charge in [0.1, 0.15) is 12.4 Å². The van der Waals surface area contributed by atoms with Crippen molar-refractivity contribution in [2.45, 2.75) is 20.4 Å². The molecule has 1 aliphatic rings. The predicted molar refractivity (Wildman–Crippen MR) is 131 cm³/mol. The van der Waals surface area contributed by atoms with E-state index in [9.17, 15) is 0 Å². The molecule has 0 saturated carbocycles. The molecule has 4 rings (SSSR count). The molecule has 32 heavy (non-hydrogen) atoms. The van der Waals surface area contributed by atoms with Gasteiger partial charge in [-0.3, -0.25) is 4.90 Å². The Bertz CT molecular complexity index is 949. The van der Waals surface area contributed by atoms with Crippen LogP contribution in [0.25, 0.3) is 22.8 Å². The van der Waals surface area contributed by atoms with Crippen LogP contribution in [0.3, 0.4) is 0 Å². The molecule has 0 atom stereocenters. The molecule has 1 fully saturated rings. The maximum atomic E-state index is 5.86. The standard InChI is InChI=1S/C25H32N4O2S/c1-3-28(4-2)13-16-30-23-11-9-21(10-12-23)24-26-25(31-27-24)22-7-5-20(6-8-22)19-29-14-17-32-18-15-29/h5-12H,3-4,13-19H2,1-2H3. The van der Waals surface area contributed by atoms with Gasteiger partial charge in [0.15, 0.2) is 0 Å². The Labute approximate surface area is 194 Å². The van der Waals surface area contributed by atoms with Crippen molar-refractivity contribution >= 4 is 11.8 Å². The number of aromatic nitrogens is 2. The summed E-state index contributed by atoms with van der Waals surface area (Å²) in [6, 6.07) is 16.3. The number of nitrogens with zero attached hydrogens (tertiary/aromatic N) is 4. The third-order valence-electron chi connectivity index (χ3n) is 5.82. The lowest BCUT2D eigenvalue weighted by Crippen LogP contribution is -2.31. The Hall–Kier alpha value is -2.35. The zero-order valence-electron chi connectivity index (χ0n) is 19.0. The minimum Gasteiger partial charge on any atom is -0.492 e. The normalized spacial score (nSPS) is 14.7. The minimum atomic E-state index is 0.542. The van der Waals surface area contributed by atoms with Gasteiger partial charge in [0, 0.05) is 48.8 Å². The zero-order valence-corrected chi connectivity index (χ0v) is 19.8. The first kappa shape index (κ1) is 22.8. The van der Waals surface area contributed by atoms with E-state index >= 15 is 0 Å².